The van der Waals surface area contributed by atoms with Crippen LogP contribution in [-0.2, 0) is 30.7 Å². The molecule has 2 aliphatic heterocycles. The molecule has 0 aliphatic carbocycles. The minimum absolute atomic E-state index is 0.0766. The highest BCUT2D eigenvalue weighted by Gasteiger charge is 2.70. The van der Waals surface area contributed by atoms with E-state index in [1.54, 1.807) is 18.3 Å². The molecule has 3 heterocycles. The molecule has 190 valence electrons. The molecule has 0 bridgehead atoms. The van der Waals surface area contributed by atoms with E-state index in [0.29, 0.717) is 5.69 Å². The van der Waals surface area contributed by atoms with Crippen LogP contribution in [0.5, 0.6) is 0 Å². The fraction of sp³-hybridized carbons (Fsp3) is 0.250. The molecule has 8 nitrogen and oxygen atoms in total. The molecule has 1 unspecified atom stereocenters. The predicted octanol–water partition coefficient (Wildman–Crippen LogP) is 3.00. The monoisotopic (exact) mass is 517 g/mol. The molecular formula is C28H27N3O5S. The van der Waals surface area contributed by atoms with Crippen LogP contribution >= 0.6 is 0 Å². The molecule has 2 aromatic carbocycles. The van der Waals surface area contributed by atoms with Crippen molar-refractivity contribution in [2.24, 2.45) is 5.73 Å². The van der Waals surface area contributed by atoms with Crippen molar-refractivity contribution < 1.29 is 22.7 Å². The fourth-order valence-electron chi connectivity index (χ4n) is 4.95. The molecule has 0 radical (unpaired) electrons. The number of β-lactam (4-membered cyclic amide) rings is 1. The van der Waals surface area contributed by atoms with Crippen molar-refractivity contribution in [1.82, 2.24) is 9.88 Å². The second kappa shape index (κ2) is 9.24. The van der Waals surface area contributed by atoms with E-state index >= 15 is 0 Å². The zero-order chi connectivity index (χ0) is 26.4. The zero-order valence-corrected chi connectivity index (χ0v) is 21.3. The number of carbonyl (C=O) groups excluding carboxylic acids is 2. The maximum absolute atomic E-state index is 13.7. The van der Waals surface area contributed by atoms with Crippen molar-refractivity contribution in [3.8, 4) is 0 Å². The first kappa shape index (κ1) is 24.9. The molecule has 2 aliphatic rings. The summed E-state index contributed by atoms with van der Waals surface area (Å²) in [5, 5.41) is -1.25. The van der Waals surface area contributed by atoms with Gasteiger partial charge in [0.1, 0.15) is 4.75 Å². The van der Waals surface area contributed by atoms with Crippen LogP contribution in [0.4, 0.5) is 0 Å². The van der Waals surface area contributed by atoms with Crippen molar-refractivity contribution in [2.45, 2.75) is 42.7 Å². The quantitative estimate of drug-likeness (QED) is 0.303. The number of aromatic nitrogens is 1. The lowest BCUT2D eigenvalue weighted by Crippen LogP contribution is -2.59. The first-order valence-electron chi connectivity index (χ1n) is 11.9. The second-order valence-electron chi connectivity index (χ2n) is 9.65. The average Bonchev–Trinajstić information content (AvgIpc) is 3.05. The van der Waals surface area contributed by atoms with Crippen LogP contribution in [0, 0.1) is 0 Å². The van der Waals surface area contributed by atoms with Gasteiger partial charge < -0.3 is 15.4 Å². The Morgan fingerprint density at radius 1 is 1.08 bits per heavy atom. The van der Waals surface area contributed by atoms with E-state index in [0.717, 1.165) is 21.6 Å². The molecule has 0 spiro atoms. The molecule has 2 saturated heterocycles. The van der Waals surface area contributed by atoms with Crippen molar-refractivity contribution in [3.05, 3.63) is 107 Å². The number of benzene rings is 2. The van der Waals surface area contributed by atoms with Gasteiger partial charge in [-0.15, -0.1) is 0 Å². The number of carbonyl (C=O) groups is 2. The number of sulfone groups is 1. The maximum atomic E-state index is 13.7. The highest BCUT2D eigenvalue weighted by Crippen LogP contribution is 2.49. The van der Waals surface area contributed by atoms with Gasteiger partial charge in [0.2, 0.25) is 0 Å². The summed E-state index contributed by atoms with van der Waals surface area (Å²) in [5.74, 6) is -1.30. The molecule has 0 saturated carbocycles. The van der Waals surface area contributed by atoms with Gasteiger partial charge in [0.15, 0.2) is 27.4 Å². The topological polar surface area (TPSA) is 120 Å². The van der Waals surface area contributed by atoms with Gasteiger partial charge in [-0.1, -0.05) is 60.7 Å². The summed E-state index contributed by atoms with van der Waals surface area (Å²) < 4.78 is 31.6. The molecule has 2 N–H and O–H groups in total. The minimum atomic E-state index is -3.96. The number of hydrogen-bond donors (Lipinski definition) is 1. The van der Waals surface area contributed by atoms with Crippen molar-refractivity contribution in [3.63, 3.8) is 0 Å². The lowest BCUT2D eigenvalue weighted by molar-refractivity contribution is -0.160. The lowest BCUT2D eigenvalue weighted by Gasteiger charge is -2.38. The Balaban J connectivity index is 1.50. The molecule has 1 aromatic heterocycles. The third kappa shape index (κ3) is 4.04. The molecular weight excluding hydrogens is 490 g/mol. The summed E-state index contributed by atoms with van der Waals surface area (Å²) in [4.78, 5) is 32.3. The molecule has 2 atom stereocenters. The van der Waals surface area contributed by atoms with E-state index in [-0.39, 0.29) is 12.1 Å². The number of amides is 1. The summed E-state index contributed by atoms with van der Waals surface area (Å²) in [5.41, 5.74) is 8.47. The first-order chi connectivity index (χ1) is 17.7. The SMILES string of the molecule is CC1(C)[C@H](C(=O)OC(c2ccccc2)c2ccccc2)N2C(=O)/C(=C/c3cc(CN)ccn3)C2S1(=O)=O. The summed E-state index contributed by atoms with van der Waals surface area (Å²) in [6, 6.07) is 20.5. The predicted molar refractivity (Wildman–Crippen MR) is 138 cm³/mol. The Morgan fingerprint density at radius 2 is 1.68 bits per heavy atom. The van der Waals surface area contributed by atoms with Gasteiger partial charge in [0.05, 0.1) is 11.3 Å². The minimum Gasteiger partial charge on any atom is -0.451 e. The number of nitrogens with zero attached hydrogens (tertiary/aromatic N) is 2. The van der Waals surface area contributed by atoms with Gasteiger partial charge in [0, 0.05) is 12.7 Å². The van der Waals surface area contributed by atoms with Crippen LogP contribution in [0.1, 0.15) is 42.3 Å². The van der Waals surface area contributed by atoms with Crippen LogP contribution in [0.15, 0.2) is 84.6 Å². The molecule has 5 rings (SSSR count). The van der Waals surface area contributed by atoms with Crippen molar-refractivity contribution >= 4 is 27.8 Å². The summed E-state index contributed by atoms with van der Waals surface area (Å²) in [7, 11) is -3.96. The van der Waals surface area contributed by atoms with Crippen LogP contribution in [0.3, 0.4) is 0 Å². The van der Waals surface area contributed by atoms with E-state index in [2.05, 4.69) is 4.98 Å². The van der Waals surface area contributed by atoms with Crippen LogP contribution in [0.2, 0.25) is 0 Å². The first-order valence-corrected chi connectivity index (χ1v) is 13.4. The number of ether oxygens (including phenoxy) is 1. The Labute approximate surface area is 215 Å². The van der Waals surface area contributed by atoms with E-state index in [4.69, 9.17) is 10.5 Å². The van der Waals surface area contributed by atoms with Gasteiger partial charge in [-0.25, -0.2) is 13.2 Å². The van der Waals surface area contributed by atoms with Crippen LogP contribution < -0.4 is 5.73 Å². The summed E-state index contributed by atoms with van der Waals surface area (Å²) >= 11 is 0. The average molecular weight is 518 g/mol. The van der Waals surface area contributed by atoms with Gasteiger partial charge in [-0.3, -0.25) is 9.78 Å². The summed E-state index contributed by atoms with van der Waals surface area (Å²) in [6.07, 6.45) is 2.25. The standard InChI is InChI=1S/C28H27N3O5S/c1-28(2)24(27(33)36-23(19-9-5-3-6-10-19)20-11-7-4-8-12-20)31-25(32)22(26(31)37(28,34)35)16-21-15-18(17-29)13-14-30-21/h3-16,23-24,26H,17,29H2,1-2H3/b22-16-/t24-,26?/m0/s1. The number of rotatable bonds is 6. The van der Waals surface area contributed by atoms with E-state index in [9.17, 15) is 18.0 Å². The highest BCUT2D eigenvalue weighted by atomic mass is 32.2. The second-order valence-corrected chi connectivity index (χ2v) is 12.2. The van der Waals surface area contributed by atoms with Crippen molar-refractivity contribution in [1.29, 1.82) is 0 Å². The normalized spacial score (nSPS) is 22.5. The number of nitrogens with two attached hydrogens (primary N) is 1. The van der Waals surface area contributed by atoms with Gasteiger partial charge >= 0.3 is 5.97 Å². The number of hydrogen-bond acceptors (Lipinski definition) is 7. The van der Waals surface area contributed by atoms with E-state index in [1.807, 2.05) is 60.7 Å². The Kier molecular flexibility index (Phi) is 6.21. The summed E-state index contributed by atoms with van der Waals surface area (Å²) in [6.45, 7) is 3.21. The van der Waals surface area contributed by atoms with Crippen LogP contribution in [-0.4, -0.2) is 46.3 Å². The molecule has 2 fully saturated rings. The Hall–Kier alpha value is -3.82. The fourth-order valence-corrected chi connectivity index (χ4v) is 7.06. The third-order valence-corrected chi connectivity index (χ3v) is 9.77. The van der Waals surface area contributed by atoms with Crippen LogP contribution in [0.25, 0.3) is 6.08 Å². The van der Waals surface area contributed by atoms with Gasteiger partial charge in [-0.2, -0.15) is 0 Å². The molecule has 37 heavy (non-hydrogen) atoms. The Bertz CT molecular complexity index is 1450. The lowest BCUT2D eigenvalue weighted by atomic mass is 9.94. The smallest absolute Gasteiger partial charge is 0.331 e. The maximum Gasteiger partial charge on any atom is 0.331 e. The van der Waals surface area contributed by atoms with Crippen molar-refractivity contribution in [2.75, 3.05) is 0 Å². The number of fused-ring (bicyclic) bond motifs is 1. The highest BCUT2D eigenvalue weighted by molar-refractivity contribution is 7.94. The number of pyridine rings is 1. The Morgan fingerprint density at radius 3 is 2.24 bits per heavy atom. The van der Waals surface area contributed by atoms with E-state index < -0.39 is 44.0 Å². The third-order valence-electron chi connectivity index (χ3n) is 7.01. The van der Waals surface area contributed by atoms with Gasteiger partial charge in [0.25, 0.3) is 5.91 Å². The van der Waals surface area contributed by atoms with Gasteiger partial charge in [-0.05, 0) is 48.7 Å². The molecule has 1 amide bonds. The molecule has 9 heteroatoms. The van der Waals surface area contributed by atoms with E-state index in [1.165, 1.54) is 19.9 Å². The molecule has 3 aromatic rings. The zero-order valence-electron chi connectivity index (χ0n) is 20.4. The number of esters is 1. The largest absolute Gasteiger partial charge is 0.451 e.